The number of fused-ring (bicyclic) bond motifs is 1. The Morgan fingerprint density at radius 1 is 1.37 bits per heavy atom. The molecular formula is C13H16N2O4. The van der Waals surface area contributed by atoms with Crippen LogP contribution in [0.4, 0.5) is 0 Å². The van der Waals surface area contributed by atoms with E-state index in [9.17, 15) is 20.1 Å². The average Bonchev–Trinajstić information content (AvgIpc) is 2.86. The van der Waals surface area contributed by atoms with E-state index in [-0.39, 0.29) is 18.8 Å². The van der Waals surface area contributed by atoms with Crippen LogP contribution in [0.15, 0.2) is 24.5 Å². The Hall–Kier alpha value is -1.92. The molecule has 0 spiro atoms. The van der Waals surface area contributed by atoms with Gasteiger partial charge in [0.1, 0.15) is 0 Å². The predicted octanol–water partition coefficient (Wildman–Crippen LogP) is 0.824. The summed E-state index contributed by atoms with van der Waals surface area (Å²) in [7, 11) is 0. The van der Waals surface area contributed by atoms with E-state index in [0.717, 1.165) is 0 Å². The zero-order valence-corrected chi connectivity index (χ0v) is 10.6. The number of aromatic carboxylic acids is 1. The van der Waals surface area contributed by atoms with Crippen LogP contribution in [0.5, 0.6) is 0 Å². The first kappa shape index (κ1) is 13.5. The Balaban J connectivity index is 2.77. The lowest BCUT2D eigenvalue weighted by atomic mass is 9.97. The molecule has 0 radical (unpaired) electrons. The molecule has 19 heavy (non-hydrogen) atoms. The molecule has 2 aromatic rings. The van der Waals surface area contributed by atoms with Crippen molar-refractivity contribution >= 4 is 17.0 Å². The normalized spacial score (nSPS) is 11.9. The second kappa shape index (κ2) is 4.99. The number of aliphatic hydroxyl groups excluding tert-OH is 2. The minimum Gasteiger partial charge on any atom is -0.478 e. The Kier molecular flexibility index (Phi) is 3.55. The molecule has 0 fully saturated rings. The zero-order chi connectivity index (χ0) is 14.0. The summed E-state index contributed by atoms with van der Waals surface area (Å²) in [5, 5.41) is 28.4. The Labute approximate surface area is 109 Å². The van der Waals surface area contributed by atoms with Gasteiger partial charge in [-0.2, -0.15) is 0 Å². The summed E-state index contributed by atoms with van der Waals surface area (Å²) in [6, 6.07) is 4.81. The van der Waals surface area contributed by atoms with Crippen molar-refractivity contribution in [3.8, 4) is 0 Å². The number of para-hydroxylation sites is 1. The van der Waals surface area contributed by atoms with Gasteiger partial charge in [-0.1, -0.05) is 13.0 Å². The lowest BCUT2D eigenvalue weighted by molar-refractivity contribution is 0.0616. The number of hydrogen-bond donors (Lipinski definition) is 3. The highest BCUT2D eigenvalue weighted by molar-refractivity contribution is 6.01. The summed E-state index contributed by atoms with van der Waals surface area (Å²) >= 11 is 0. The third-order valence-electron chi connectivity index (χ3n) is 3.56. The van der Waals surface area contributed by atoms with Gasteiger partial charge in [-0.15, -0.1) is 0 Å². The van der Waals surface area contributed by atoms with Crippen LogP contribution in [0.3, 0.4) is 0 Å². The molecule has 0 aliphatic heterocycles. The molecule has 0 atom stereocenters. The van der Waals surface area contributed by atoms with Crippen molar-refractivity contribution in [2.24, 2.45) is 0 Å². The molecule has 0 aliphatic rings. The Morgan fingerprint density at radius 3 is 2.58 bits per heavy atom. The summed E-state index contributed by atoms with van der Waals surface area (Å²) in [5.74, 6) is -1.06. The molecule has 1 heterocycles. The first-order valence-electron chi connectivity index (χ1n) is 6.01. The summed E-state index contributed by atoms with van der Waals surface area (Å²) in [6.45, 7) is 1.24. The molecule has 0 aliphatic carbocycles. The molecule has 0 bridgehead atoms. The highest BCUT2D eigenvalue weighted by atomic mass is 16.4. The van der Waals surface area contributed by atoms with Gasteiger partial charge >= 0.3 is 5.97 Å². The Morgan fingerprint density at radius 2 is 2.05 bits per heavy atom. The van der Waals surface area contributed by atoms with E-state index < -0.39 is 11.5 Å². The number of carbonyl (C=O) groups is 1. The summed E-state index contributed by atoms with van der Waals surface area (Å²) < 4.78 is 1.56. The van der Waals surface area contributed by atoms with Crippen LogP contribution in [-0.2, 0) is 5.54 Å². The van der Waals surface area contributed by atoms with Crippen LogP contribution in [-0.4, -0.2) is 44.1 Å². The van der Waals surface area contributed by atoms with E-state index in [1.54, 1.807) is 16.7 Å². The highest BCUT2D eigenvalue weighted by Gasteiger charge is 2.31. The van der Waals surface area contributed by atoms with Gasteiger partial charge in [0.25, 0.3) is 0 Å². The van der Waals surface area contributed by atoms with E-state index in [1.165, 1.54) is 12.4 Å². The van der Waals surface area contributed by atoms with E-state index >= 15 is 0 Å². The smallest absolute Gasteiger partial charge is 0.337 e. The van der Waals surface area contributed by atoms with Gasteiger partial charge in [0.2, 0.25) is 0 Å². The van der Waals surface area contributed by atoms with Gasteiger partial charge in [-0.05, 0) is 18.6 Å². The van der Waals surface area contributed by atoms with Crippen molar-refractivity contribution in [2.45, 2.75) is 18.9 Å². The van der Waals surface area contributed by atoms with Crippen LogP contribution in [0.25, 0.3) is 11.0 Å². The molecule has 3 N–H and O–H groups in total. The van der Waals surface area contributed by atoms with Crippen LogP contribution in [0.1, 0.15) is 23.7 Å². The third-order valence-corrected chi connectivity index (χ3v) is 3.56. The molecular weight excluding hydrogens is 248 g/mol. The molecule has 6 heteroatoms. The zero-order valence-electron chi connectivity index (χ0n) is 10.6. The molecule has 0 saturated carbocycles. The van der Waals surface area contributed by atoms with Crippen LogP contribution in [0.2, 0.25) is 0 Å². The fraction of sp³-hybridized carbons (Fsp3) is 0.385. The maximum atomic E-state index is 11.3. The average molecular weight is 264 g/mol. The van der Waals surface area contributed by atoms with Crippen LogP contribution in [0, 0.1) is 0 Å². The van der Waals surface area contributed by atoms with Crippen molar-refractivity contribution in [2.75, 3.05) is 13.2 Å². The molecule has 0 amide bonds. The number of carboxylic acid groups (broad SMARTS) is 1. The van der Waals surface area contributed by atoms with Crippen molar-refractivity contribution in [1.82, 2.24) is 9.55 Å². The summed E-state index contributed by atoms with van der Waals surface area (Å²) in [6.07, 6.45) is 1.92. The minimum atomic E-state index is -1.06. The van der Waals surface area contributed by atoms with Gasteiger partial charge in [0.05, 0.1) is 41.7 Å². The van der Waals surface area contributed by atoms with Gasteiger partial charge in [0, 0.05) is 0 Å². The first-order valence-corrected chi connectivity index (χ1v) is 6.01. The number of carboxylic acids is 1. The number of aromatic nitrogens is 2. The van der Waals surface area contributed by atoms with Crippen LogP contribution < -0.4 is 0 Å². The monoisotopic (exact) mass is 264 g/mol. The quantitative estimate of drug-likeness (QED) is 0.743. The standard InChI is InChI=1S/C13H16N2O4/c1-2-13(6-16,7-17)15-8-14-10-5-3-4-9(11(10)15)12(18)19/h3-5,8,16-17H,2,6-7H2,1H3,(H,18,19). The first-order chi connectivity index (χ1) is 9.09. The molecule has 2 rings (SSSR count). The van der Waals surface area contributed by atoms with Gasteiger partial charge < -0.3 is 19.9 Å². The van der Waals surface area contributed by atoms with Crippen molar-refractivity contribution in [3.05, 3.63) is 30.1 Å². The Bertz CT molecular complexity index is 593. The minimum absolute atomic E-state index is 0.106. The summed E-state index contributed by atoms with van der Waals surface area (Å²) in [4.78, 5) is 15.4. The number of aliphatic hydroxyl groups is 2. The van der Waals surface area contributed by atoms with Gasteiger partial charge in [-0.25, -0.2) is 9.78 Å². The van der Waals surface area contributed by atoms with Crippen molar-refractivity contribution in [3.63, 3.8) is 0 Å². The van der Waals surface area contributed by atoms with Crippen molar-refractivity contribution in [1.29, 1.82) is 0 Å². The molecule has 102 valence electrons. The second-order valence-electron chi connectivity index (χ2n) is 4.49. The predicted molar refractivity (Wildman–Crippen MR) is 69.1 cm³/mol. The molecule has 1 aromatic carbocycles. The topological polar surface area (TPSA) is 95.6 Å². The maximum Gasteiger partial charge on any atom is 0.337 e. The maximum absolute atomic E-state index is 11.3. The lowest BCUT2D eigenvalue weighted by Crippen LogP contribution is -2.40. The lowest BCUT2D eigenvalue weighted by Gasteiger charge is -2.31. The molecule has 0 unspecified atom stereocenters. The molecule has 0 saturated heterocycles. The van der Waals surface area contributed by atoms with Gasteiger partial charge in [0.15, 0.2) is 0 Å². The SMILES string of the molecule is CCC(CO)(CO)n1cnc2cccc(C(=O)O)c21. The number of benzene rings is 1. The van der Waals surface area contributed by atoms with Crippen LogP contribution >= 0.6 is 0 Å². The van der Waals surface area contributed by atoms with E-state index in [0.29, 0.717) is 17.5 Å². The summed E-state index contributed by atoms with van der Waals surface area (Å²) in [5.41, 5.74) is 0.106. The van der Waals surface area contributed by atoms with E-state index in [2.05, 4.69) is 4.98 Å². The highest BCUT2D eigenvalue weighted by Crippen LogP contribution is 2.27. The number of imidazole rings is 1. The fourth-order valence-electron chi connectivity index (χ4n) is 2.19. The van der Waals surface area contributed by atoms with E-state index in [4.69, 9.17) is 0 Å². The fourth-order valence-corrected chi connectivity index (χ4v) is 2.19. The molecule has 1 aromatic heterocycles. The number of nitrogens with zero attached hydrogens (tertiary/aromatic N) is 2. The van der Waals surface area contributed by atoms with Crippen molar-refractivity contribution < 1.29 is 20.1 Å². The number of rotatable bonds is 5. The van der Waals surface area contributed by atoms with Gasteiger partial charge in [-0.3, -0.25) is 0 Å². The number of hydrogen-bond acceptors (Lipinski definition) is 4. The largest absolute Gasteiger partial charge is 0.478 e. The second-order valence-corrected chi connectivity index (χ2v) is 4.49. The molecule has 6 nitrogen and oxygen atoms in total. The third kappa shape index (κ3) is 1.98. The van der Waals surface area contributed by atoms with E-state index in [1.807, 2.05) is 6.92 Å².